The topological polar surface area (TPSA) is 94.3 Å². The third-order valence-electron chi connectivity index (χ3n) is 11.1. The number of halogens is 1. The minimum absolute atomic E-state index is 0.00479. The van der Waals surface area contributed by atoms with Gasteiger partial charge in [0.1, 0.15) is 6.29 Å². The number of allylic oxidation sites excluding steroid dienone is 4. The van der Waals surface area contributed by atoms with Crippen LogP contribution in [0.4, 0.5) is 17.1 Å². The average Bonchev–Trinajstić information content (AvgIpc) is 3.27. The monoisotopic (exact) mass is 921 g/mol. The van der Waals surface area contributed by atoms with Gasteiger partial charge < -0.3 is 25.6 Å². The molecule has 2 saturated heterocycles. The van der Waals surface area contributed by atoms with Crippen molar-refractivity contribution in [1.29, 1.82) is 0 Å². The maximum absolute atomic E-state index is 13.5. The molecule has 0 bridgehead atoms. The Morgan fingerprint density at radius 2 is 1.52 bits per heavy atom. The number of anilines is 3. The molecular formula is C54H77BrN6O2. The molecule has 3 aromatic rings. The molecule has 1 unspecified atom stereocenters. The van der Waals surface area contributed by atoms with E-state index in [9.17, 15) is 9.59 Å². The van der Waals surface area contributed by atoms with Crippen molar-refractivity contribution in [3.63, 3.8) is 0 Å². The van der Waals surface area contributed by atoms with Crippen molar-refractivity contribution in [2.75, 3.05) is 61.9 Å². The minimum atomic E-state index is -0.122. The van der Waals surface area contributed by atoms with Gasteiger partial charge in [0, 0.05) is 79.2 Å². The van der Waals surface area contributed by atoms with Crippen molar-refractivity contribution in [1.82, 2.24) is 4.90 Å². The first kappa shape index (κ1) is 52.6. The van der Waals surface area contributed by atoms with Crippen LogP contribution < -0.4 is 20.9 Å². The van der Waals surface area contributed by atoms with Crippen LogP contribution in [0.5, 0.6) is 0 Å². The van der Waals surface area contributed by atoms with Crippen LogP contribution in [0.2, 0.25) is 0 Å². The third-order valence-corrected chi connectivity index (χ3v) is 11.9. The van der Waals surface area contributed by atoms with E-state index in [1.165, 1.54) is 22.4 Å². The lowest BCUT2D eigenvalue weighted by atomic mass is 9.88. The largest absolute Gasteiger partial charge is 0.401 e. The third kappa shape index (κ3) is 18.5. The Balaban J connectivity index is 0.00000141. The molecule has 2 aliphatic heterocycles. The summed E-state index contributed by atoms with van der Waals surface area (Å²) < 4.78 is 0.944. The van der Waals surface area contributed by atoms with Crippen LogP contribution in [0.25, 0.3) is 0 Å². The van der Waals surface area contributed by atoms with Crippen LogP contribution in [0.15, 0.2) is 124 Å². The highest BCUT2D eigenvalue weighted by Gasteiger charge is 2.23. The quantitative estimate of drug-likeness (QED) is 0.0796. The average molecular weight is 922 g/mol. The number of likely N-dealkylation sites (tertiary alicyclic amines) is 1. The first-order valence-corrected chi connectivity index (χ1v) is 23.7. The summed E-state index contributed by atoms with van der Waals surface area (Å²) in [5.74, 6) is 1.13. The highest BCUT2D eigenvalue weighted by Crippen LogP contribution is 2.31. The molecule has 1 amide bonds. The molecule has 9 heteroatoms. The second-order valence-corrected chi connectivity index (χ2v) is 19.2. The smallest absolute Gasteiger partial charge is 0.258 e. The van der Waals surface area contributed by atoms with Crippen molar-refractivity contribution in [3.05, 3.63) is 136 Å². The van der Waals surface area contributed by atoms with E-state index in [4.69, 9.17) is 5.73 Å². The van der Waals surface area contributed by atoms with Gasteiger partial charge in [0.25, 0.3) is 5.91 Å². The summed E-state index contributed by atoms with van der Waals surface area (Å²) in [5.41, 5.74) is 15.7. The zero-order valence-corrected chi connectivity index (χ0v) is 41.5. The number of aldehydes is 1. The molecule has 0 radical (unpaired) electrons. The number of hydrogen-bond donors (Lipinski definition) is 2. The zero-order chi connectivity index (χ0) is 46.5. The summed E-state index contributed by atoms with van der Waals surface area (Å²) in [5, 5.41) is 3.40. The van der Waals surface area contributed by atoms with Crippen molar-refractivity contribution >= 4 is 51.4 Å². The van der Waals surface area contributed by atoms with Crippen molar-refractivity contribution in [3.8, 4) is 0 Å². The van der Waals surface area contributed by atoms with Gasteiger partial charge in [0.2, 0.25) is 0 Å². The molecule has 2 aliphatic rings. The molecule has 3 N–H and O–H groups in total. The summed E-state index contributed by atoms with van der Waals surface area (Å²) in [6, 6.07) is 25.1. The fourth-order valence-corrected chi connectivity index (χ4v) is 8.02. The number of aliphatic imine (C=N–C) groups is 1. The first-order valence-electron chi connectivity index (χ1n) is 22.9. The second kappa shape index (κ2) is 26.8. The predicted molar refractivity (Wildman–Crippen MR) is 276 cm³/mol. The standard InChI is InChI=1S/C47H59BrN6O2.C5H12.C2H6/c1-34(31-35(2)45(48)20-25-50-4)33-53-26-23-40(24-27-53)39-10-12-41(13-11-39)47(56)52(5)43-16-8-37(9-17-43)32-38-21-28-54(29-22-38)44-18-14-42(15-19-44)51-46(36(3)49)7-6-30-55;1-5(2,3)4;1-2/h8-20,25,30-31,38,40,46,51H,2-3,6-7,21-24,26-29,32-33,49H2,1,4-5H3;1-4H3;1-2H3/b34-31+,45-20+,50-25?;;. The van der Waals surface area contributed by atoms with E-state index < -0.39 is 0 Å². The molecule has 5 rings (SSSR count). The molecule has 2 heterocycles. The van der Waals surface area contributed by atoms with E-state index >= 15 is 0 Å². The van der Waals surface area contributed by atoms with E-state index in [0.29, 0.717) is 41.4 Å². The number of nitrogens with zero attached hydrogens (tertiary/aromatic N) is 4. The fourth-order valence-electron chi connectivity index (χ4n) is 7.78. The molecule has 8 nitrogen and oxygen atoms in total. The van der Waals surface area contributed by atoms with Gasteiger partial charge in [0.05, 0.1) is 6.04 Å². The van der Waals surface area contributed by atoms with Crippen LogP contribution in [0.3, 0.4) is 0 Å². The highest BCUT2D eigenvalue weighted by molar-refractivity contribution is 9.12. The predicted octanol–water partition coefficient (Wildman–Crippen LogP) is 12.4. The summed E-state index contributed by atoms with van der Waals surface area (Å²) >= 11 is 3.58. The molecule has 63 heavy (non-hydrogen) atoms. The number of nitrogens with two attached hydrogens (primary N) is 1. The van der Waals surface area contributed by atoms with E-state index in [2.05, 4.69) is 151 Å². The molecular weight excluding hydrogens is 845 g/mol. The normalized spacial score (nSPS) is 16.0. The molecule has 0 saturated carbocycles. The van der Waals surface area contributed by atoms with E-state index in [0.717, 1.165) is 92.5 Å². The van der Waals surface area contributed by atoms with Crippen LogP contribution in [-0.4, -0.2) is 76.2 Å². The van der Waals surface area contributed by atoms with Crippen LogP contribution in [0, 0.1) is 11.3 Å². The summed E-state index contributed by atoms with van der Waals surface area (Å²) in [6.07, 6.45) is 13.3. The Hall–Kier alpha value is -4.73. The number of piperidine rings is 2. The fraction of sp³-hybridized carbons (Fsp3) is 0.463. The maximum Gasteiger partial charge on any atom is 0.258 e. The lowest BCUT2D eigenvalue weighted by Gasteiger charge is -2.34. The van der Waals surface area contributed by atoms with Gasteiger partial charge in [-0.05, 0) is 147 Å². The molecule has 0 aliphatic carbocycles. The van der Waals surface area contributed by atoms with Crippen molar-refractivity contribution < 1.29 is 9.59 Å². The lowest BCUT2D eigenvalue weighted by Crippen LogP contribution is -2.34. The van der Waals surface area contributed by atoms with Gasteiger partial charge in [-0.2, -0.15) is 0 Å². The Bertz CT molecular complexity index is 1960. The SMILES string of the molecule is C=C(/C=C(\C)CN1CCC(c2ccc(C(=O)N(C)c3ccc(CC4CCN(c5ccc(NC(CCC=O)C(=C)N)cc5)CC4)cc3)cc2)CC1)/C(Br)=C\C=NC.CC.CC(C)(C)C. The first-order chi connectivity index (χ1) is 30.0. The van der Waals surface area contributed by atoms with Gasteiger partial charge in [0.15, 0.2) is 0 Å². The summed E-state index contributed by atoms with van der Waals surface area (Å²) in [4.78, 5) is 35.0. The number of benzene rings is 3. The van der Waals surface area contributed by atoms with E-state index in [-0.39, 0.29) is 11.9 Å². The Morgan fingerprint density at radius 3 is 2.06 bits per heavy atom. The molecule has 2 fully saturated rings. The van der Waals surface area contributed by atoms with Gasteiger partial charge >= 0.3 is 0 Å². The number of rotatable bonds is 17. The summed E-state index contributed by atoms with van der Waals surface area (Å²) in [6.45, 7) is 28.0. The number of hydrogen-bond acceptors (Lipinski definition) is 7. The van der Waals surface area contributed by atoms with Gasteiger partial charge in [-0.15, -0.1) is 0 Å². The maximum atomic E-state index is 13.5. The molecule has 3 aromatic carbocycles. The Morgan fingerprint density at radius 1 is 0.937 bits per heavy atom. The van der Waals surface area contributed by atoms with Crippen LogP contribution >= 0.6 is 15.9 Å². The van der Waals surface area contributed by atoms with E-state index in [1.807, 2.05) is 39.1 Å². The second-order valence-electron chi connectivity index (χ2n) is 18.3. The summed E-state index contributed by atoms with van der Waals surface area (Å²) in [7, 11) is 3.62. The van der Waals surface area contributed by atoms with Crippen molar-refractivity contribution in [2.45, 2.75) is 105 Å². The van der Waals surface area contributed by atoms with Gasteiger partial charge in [-0.25, -0.2) is 0 Å². The molecule has 0 aromatic heterocycles. The van der Waals surface area contributed by atoms with Crippen LogP contribution in [-0.2, 0) is 11.2 Å². The number of carbonyl (C=O) groups is 2. The van der Waals surface area contributed by atoms with Crippen LogP contribution in [0.1, 0.15) is 114 Å². The Labute approximate surface area is 389 Å². The van der Waals surface area contributed by atoms with Gasteiger partial charge in [-0.1, -0.05) is 107 Å². The van der Waals surface area contributed by atoms with Gasteiger partial charge in [-0.3, -0.25) is 14.7 Å². The molecule has 342 valence electrons. The van der Waals surface area contributed by atoms with E-state index in [1.54, 1.807) is 18.2 Å². The van der Waals surface area contributed by atoms with Crippen molar-refractivity contribution in [2.24, 2.45) is 22.1 Å². The zero-order valence-electron chi connectivity index (χ0n) is 39.9. The molecule has 0 spiro atoms. The Kier molecular flexibility index (Phi) is 22.4. The number of nitrogens with one attached hydrogen (secondary N) is 1. The number of amides is 1. The number of carbonyl (C=O) groups excluding carboxylic acids is 2. The highest BCUT2D eigenvalue weighted by atomic mass is 79.9. The lowest BCUT2D eigenvalue weighted by molar-refractivity contribution is -0.107. The minimum Gasteiger partial charge on any atom is -0.401 e. The molecule has 1 atom stereocenters.